The van der Waals surface area contributed by atoms with E-state index in [1.165, 1.54) is 0 Å². The first-order valence-electron chi connectivity index (χ1n) is 8.36. The first-order chi connectivity index (χ1) is 11.5. The molecule has 2 bridgehead atoms. The summed E-state index contributed by atoms with van der Waals surface area (Å²) >= 11 is 0. The van der Waals surface area contributed by atoms with E-state index in [4.69, 9.17) is 0 Å². The highest BCUT2D eigenvalue weighted by Gasteiger charge is 2.59. The largest absolute Gasteiger partial charge is 0.325 e. The zero-order chi connectivity index (χ0) is 17.0. The number of fused-ring (bicyclic) bond motifs is 5. The van der Waals surface area contributed by atoms with Crippen LogP contribution in [0.1, 0.15) is 17.5 Å². The molecule has 2 fully saturated rings. The van der Waals surface area contributed by atoms with Crippen molar-refractivity contribution in [1.29, 1.82) is 0 Å². The maximum atomic E-state index is 12.6. The zero-order valence-electron chi connectivity index (χ0n) is 13.8. The predicted octanol–water partition coefficient (Wildman–Crippen LogP) is 2.05. The van der Waals surface area contributed by atoms with Gasteiger partial charge in [-0.05, 0) is 55.4 Å². The van der Waals surface area contributed by atoms with Crippen molar-refractivity contribution in [1.82, 2.24) is 4.90 Å². The number of nitrogens with zero attached hydrogens (tertiary/aromatic N) is 1. The summed E-state index contributed by atoms with van der Waals surface area (Å²) in [6.07, 6.45) is 5.00. The molecule has 1 heterocycles. The van der Waals surface area contributed by atoms with Crippen LogP contribution in [0.15, 0.2) is 30.4 Å². The zero-order valence-corrected chi connectivity index (χ0v) is 13.8. The van der Waals surface area contributed by atoms with Gasteiger partial charge in [-0.1, -0.05) is 18.2 Å². The van der Waals surface area contributed by atoms with E-state index >= 15 is 0 Å². The number of anilines is 1. The van der Waals surface area contributed by atoms with E-state index < -0.39 is 0 Å². The van der Waals surface area contributed by atoms with Crippen LogP contribution in [0.5, 0.6) is 0 Å². The monoisotopic (exact) mass is 324 g/mol. The summed E-state index contributed by atoms with van der Waals surface area (Å²) in [5.41, 5.74) is 2.91. The van der Waals surface area contributed by atoms with Crippen LogP contribution >= 0.6 is 0 Å². The van der Waals surface area contributed by atoms with E-state index in [-0.39, 0.29) is 47.9 Å². The lowest BCUT2D eigenvalue weighted by atomic mass is 9.85. The van der Waals surface area contributed by atoms with E-state index in [2.05, 4.69) is 17.5 Å². The third kappa shape index (κ3) is 2.19. The molecule has 3 amide bonds. The van der Waals surface area contributed by atoms with E-state index in [9.17, 15) is 14.4 Å². The van der Waals surface area contributed by atoms with Crippen LogP contribution < -0.4 is 5.32 Å². The van der Waals surface area contributed by atoms with E-state index in [0.717, 1.165) is 22.4 Å². The molecule has 1 saturated carbocycles. The molecule has 1 N–H and O–H groups in total. The topological polar surface area (TPSA) is 66.5 Å². The fraction of sp³-hybridized carbons (Fsp3) is 0.421. The highest BCUT2D eigenvalue weighted by molar-refractivity contribution is 6.09. The summed E-state index contributed by atoms with van der Waals surface area (Å²) in [6.45, 7) is 3.78. The van der Waals surface area contributed by atoms with Gasteiger partial charge >= 0.3 is 0 Å². The molecule has 0 aromatic heterocycles. The summed E-state index contributed by atoms with van der Waals surface area (Å²) in [7, 11) is 0. The van der Waals surface area contributed by atoms with Crippen molar-refractivity contribution in [2.24, 2.45) is 23.7 Å². The molecule has 124 valence electrons. The molecular weight excluding hydrogens is 304 g/mol. The van der Waals surface area contributed by atoms with Gasteiger partial charge < -0.3 is 5.32 Å². The van der Waals surface area contributed by atoms with E-state index in [1.807, 2.05) is 32.0 Å². The molecule has 2 aliphatic carbocycles. The summed E-state index contributed by atoms with van der Waals surface area (Å²) < 4.78 is 0. The maximum Gasteiger partial charge on any atom is 0.244 e. The molecular formula is C19H20N2O3. The lowest BCUT2D eigenvalue weighted by molar-refractivity contribution is -0.143. The molecule has 1 saturated heterocycles. The van der Waals surface area contributed by atoms with Crippen molar-refractivity contribution >= 4 is 23.4 Å². The number of carbonyl (C=O) groups excluding carboxylic acids is 3. The van der Waals surface area contributed by atoms with Gasteiger partial charge in [0.25, 0.3) is 0 Å². The number of imide groups is 1. The molecule has 24 heavy (non-hydrogen) atoms. The molecule has 0 radical (unpaired) electrons. The van der Waals surface area contributed by atoms with Gasteiger partial charge in [0, 0.05) is 5.69 Å². The van der Waals surface area contributed by atoms with Crippen molar-refractivity contribution in [3.05, 3.63) is 41.5 Å². The van der Waals surface area contributed by atoms with Gasteiger partial charge in [-0.2, -0.15) is 0 Å². The SMILES string of the molecule is Cc1ccc(NC(=O)CN2C(=O)[C@H]3[C@H](C2=O)[C@H]2C=C[C@H]3C2)cc1C. The van der Waals surface area contributed by atoms with Crippen molar-refractivity contribution < 1.29 is 14.4 Å². The molecule has 4 rings (SSSR count). The molecule has 1 aromatic rings. The van der Waals surface area contributed by atoms with E-state index in [1.54, 1.807) is 0 Å². The van der Waals surface area contributed by atoms with Crippen LogP contribution in [0.4, 0.5) is 5.69 Å². The number of aryl methyl sites for hydroxylation is 2. The first kappa shape index (κ1) is 15.1. The second-order valence-electron chi connectivity index (χ2n) is 7.11. The normalized spacial score (nSPS) is 30.2. The minimum atomic E-state index is -0.333. The summed E-state index contributed by atoms with van der Waals surface area (Å²) in [5.74, 6) is -0.855. The Kier molecular flexibility index (Phi) is 3.34. The Labute approximate surface area is 140 Å². The average Bonchev–Trinajstić information content (AvgIpc) is 3.21. The Balaban J connectivity index is 1.46. The number of nitrogens with one attached hydrogen (secondary N) is 1. The second-order valence-corrected chi connectivity index (χ2v) is 7.11. The molecule has 4 atom stereocenters. The number of rotatable bonds is 3. The molecule has 1 aliphatic heterocycles. The van der Waals surface area contributed by atoms with Crippen LogP contribution in [0.3, 0.4) is 0 Å². The number of likely N-dealkylation sites (tertiary alicyclic amines) is 1. The number of amides is 3. The number of carbonyl (C=O) groups is 3. The predicted molar refractivity (Wildman–Crippen MR) is 89.0 cm³/mol. The average molecular weight is 324 g/mol. The molecule has 5 nitrogen and oxygen atoms in total. The van der Waals surface area contributed by atoms with Gasteiger partial charge in [0.15, 0.2) is 0 Å². The Morgan fingerprint density at radius 2 is 1.71 bits per heavy atom. The molecule has 1 aromatic carbocycles. The molecule has 3 aliphatic rings. The van der Waals surface area contributed by atoms with Gasteiger partial charge in [0.2, 0.25) is 17.7 Å². The summed E-state index contributed by atoms with van der Waals surface area (Å²) in [6, 6.07) is 5.65. The maximum absolute atomic E-state index is 12.6. The van der Waals surface area contributed by atoms with Crippen molar-refractivity contribution in [3.63, 3.8) is 0 Å². The number of benzene rings is 1. The van der Waals surface area contributed by atoms with Crippen molar-refractivity contribution in [2.75, 3.05) is 11.9 Å². The van der Waals surface area contributed by atoms with Crippen LogP contribution in [-0.4, -0.2) is 29.2 Å². The Morgan fingerprint density at radius 3 is 2.29 bits per heavy atom. The van der Waals surface area contributed by atoms with Crippen molar-refractivity contribution in [3.8, 4) is 0 Å². The van der Waals surface area contributed by atoms with Crippen molar-refractivity contribution in [2.45, 2.75) is 20.3 Å². The van der Waals surface area contributed by atoms with Crippen LogP contribution in [0.25, 0.3) is 0 Å². The number of hydrogen-bond donors (Lipinski definition) is 1. The molecule has 0 unspecified atom stereocenters. The molecule has 5 heteroatoms. The fourth-order valence-corrected chi connectivity index (χ4v) is 4.28. The van der Waals surface area contributed by atoms with Gasteiger partial charge in [-0.15, -0.1) is 0 Å². The Hall–Kier alpha value is -2.43. The first-order valence-corrected chi connectivity index (χ1v) is 8.36. The minimum Gasteiger partial charge on any atom is -0.325 e. The van der Waals surface area contributed by atoms with Crippen LogP contribution in [0.2, 0.25) is 0 Å². The Bertz CT molecular complexity index is 753. The number of allylic oxidation sites excluding steroid dienone is 2. The molecule has 0 spiro atoms. The second kappa shape index (κ2) is 5.30. The van der Waals surface area contributed by atoms with Gasteiger partial charge in [-0.3, -0.25) is 19.3 Å². The standard InChI is InChI=1S/C19H20N2O3/c1-10-3-6-14(7-11(10)2)20-15(22)9-21-18(23)16-12-4-5-13(8-12)17(16)19(21)24/h3-7,12-13,16-17H,8-9H2,1-2H3,(H,20,22)/t12-,13-,16+,17+/m0/s1. The fourth-order valence-electron chi connectivity index (χ4n) is 4.28. The minimum absolute atomic E-state index is 0.171. The summed E-state index contributed by atoms with van der Waals surface area (Å²) in [4.78, 5) is 38.6. The third-order valence-corrected chi connectivity index (χ3v) is 5.65. The van der Waals surface area contributed by atoms with Crippen LogP contribution in [0, 0.1) is 37.5 Å². The van der Waals surface area contributed by atoms with Gasteiger partial charge in [0.05, 0.1) is 11.8 Å². The number of hydrogen-bond acceptors (Lipinski definition) is 3. The lowest BCUT2D eigenvalue weighted by Gasteiger charge is -2.17. The Morgan fingerprint density at radius 1 is 1.08 bits per heavy atom. The lowest BCUT2D eigenvalue weighted by Crippen LogP contribution is -2.39. The third-order valence-electron chi connectivity index (χ3n) is 5.65. The quantitative estimate of drug-likeness (QED) is 0.683. The van der Waals surface area contributed by atoms with Gasteiger partial charge in [0.1, 0.15) is 6.54 Å². The summed E-state index contributed by atoms with van der Waals surface area (Å²) in [5, 5.41) is 2.78. The smallest absolute Gasteiger partial charge is 0.244 e. The highest BCUT2D eigenvalue weighted by Crippen LogP contribution is 2.52. The van der Waals surface area contributed by atoms with Gasteiger partial charge in [-0.25, -0.2) is 0 Å². The highest BCUT2D eigenvalue weighted by atomic mass is 16.2. The van der Waals surface area contributed by atoms with E-state index in [0.29, 0.717) is 5.69 Å². The van der Waals surface area contributed by atoms with Crippen LogP contribution in [-0.2, 0) is 14.4 Å².